The van der Waals surface area contributed by atoms with E-state index < -0.39 is 5.97 Å². The quantitative estimate of drug-likeness (QED) is 0.859. The van der Waals surface area contributed by atoms with Crippen molar-refractivity contribution in [3.8, 4) is 0 Å². The van der Waals surface area contributed by atoms with Crippen LogP contribution in [0.25, 0.3) is 6.08 Å². The number of hydrogen-bond acceptors (Lipinski definition) is 4. The van der Waals surface area contributed by atoms with Crippen molar-refractivity contribution in [3.05, 3.63) is 52.0 Å². The van der Waals surface area contributed by atoms with Gasteiger partial charge in [0.1, 0.15) is 0 Å². The van der Waals surface area contributed by atoms with Crippen LogP contribution in [0.4, 0.5) is 5.69 Å². The summed E-state index contributed by atoms with van der Waals surface area (Å²) in [5.74, 6) is -0.938. The number of nitrogens with zero attached hydrogens (tertiary/aromatic N) is 2. The van der Waals surface area contributed by atoms with Crippen LogP contribution in [0.15, 0.2) is 35.9 Å². The minimum atomic E-state index is -0.938. The van der Waals surface area contributed by atoms with Crippen LogP contribution >= 0.6 is 11.3 Å². The number of anilines is 1. The van der Waals surface area contributed by atoms with E-state index >= 15 is 0 Å². The fraction of sp³-hybridized carbons (Fsp3) is 0.200. The zero-order valence-electron chi connectivity index (χ0n) is 11.4. The number of carbonyl (C=O) groups is 1. The maximum atomic E-state index is 10.5. The average molecular weight is 288 g/mol. The van der Waals surface area contributed by atoms with E-state index in [1.165, 1.54) is 4.88 Å². The van der Waals surface area contributed by atoms with Gasteiger partial charge in [0.15, 0.2) is 0 Å². The molecule has 0 saturated carbocycles. The molecule has 0 aliphatic carbocycles. The van der Waals surface area contributed by atoms with Crippen molar-refractivity contribution in [1.82, 2.24) is 4.98 Å². The molecule has 0 aliphatic rings. The summed E-state index contributed by atoms with van der Waals surface area (Å²) >= 11 is 1.66. The number of benzene rings is 1. The van der Waals surface area contributed by atoms with Gasteiger partial charge in [0.25, 0.3) is 0 Å². The first-order valence-electron chi connectivity index (χ1n) is 6.17. The lowest BCUT2D eigenvalue weighted by Gasteiger charge is -2.18. The SMILES string of the molecule is Cc1ncsc1CN(C)c1ccc(C=CC(=O)O)cc1. The van der Waals surface area contributed by atoms with Crippen LogP contribution in [0.5, 0.6) is 0 Å². The molecule has 0 unspecified atom stereocenters. The van der Waals surface area contributed by atoms with Crippen LogP contribution in [0.1, 0.15) is 16.1 Å². The van der Waals surface area contributed by atoms with Gasteiger partial charge in [-0.3, -0.25) is 0 Å². The zero-order chi connectivity index (χ0) is 14.5. The minimum Gasteiger partial charge on any atom is -0.478 e. The number of rotatable bonds is 5. The highest BCUT2D eigenvalue weighted by Crippen LogP contribution is 2.20. The van der Waals surface area contributed by atoms with E-state index in [1.54, 1.807) is 17.4 Å². The predicted octanol–water partition coefficient (Wildman–Crippen LogP) is 3.19. The summed E-state index contributed by atoms with van der Waals surface area (Å²) in [5.41, 5.74) is 4.89. The molecule has 1 aromatic heterocycles. The third kappa shape index (κ3) is 3.68. The van der Waals surface area contributed by atoms with Crippen LogP contribution in [0.3, 0.4) is 0 Å². The lowest BCUT2D eigenvalue weighted by atomic mass is 10.2. The highest BCUT2D eigenvalue weighted by atomic mass is 32.1. The van der Waals surface area contributed by atoms with Crippen molar-refractivity contribution in [3.63, 3.8) is 0 Å². The van der Waals surface area contributed by atoms with Crippen LogP contribution in [0.2, 0.25) is 0 Å². The molecule has 0 aliphatic heterocycles. The molecule has 0 amide bonds. The van der Waals surface area contributed by atoms with E-state index in [2.05, 4.69) is 9.88 Å². The third-order valence-electron chi connectivity index (χ3n) is 2.98. The molecule has 2 aromatic rings. The number of aryl methyl sites for hydroxylation is 1. The average Bonchev–Trinajstić information content (AvgIpc) is 2.82. The summed E-state index contributed by atoms with van der Waals surface area (Å²) < 4.78 is 0. The van der Waals surface area contributed by atoms with E-state index in [0.717, 1.165) is 29.6 Å². The number of carboxylic acid groups (broad SMARTS) is 1. The Kier molecular flexibility index (Phi) is 4.53. The smallest absolute Gasteiger partial charge is 0.328 e. The van der Waals surface area contributed by atoms with E-state index in [0.29, 0.717) is 0 Å². The van der Waals surface area contributed by atoms with Gasteiger partial charge in [-0.2, -0.15) is 0 Å². The second-order valence-corrected chi connectivity index (χ2v) is 5.42. The Hall–Kier alpha value is -2.14. The molecule has 0 atom stereocenters. The van der Waals surface area contributed by atoms with E-state index in [4.69, 9.17) is 5.11 Å². The minimum absolute atomic E-state index is 0.820. The Labute approximate surface area is 122 Å². The van der Waals surface area contributed by atoms with Crippen LogP contribution in [-0.2, 0) is 11.3 Å². The third-order valence-corrected chi connectivity index (χ3v) is 3.90. The van der Waals surface area contributed by atoms with Crippen molar-refractivity contribution >= 4 is 29.1 Å². The number of carboxylic acids is 1. The molecule has 0 radical (unpaired) electrons. The molecule has 0 spiro atoms. The van der Waals surface area contributed by atoms with Crippen molar-refractivity contribution < 1.29 is 9.90 Å². The number of thiazole rings is 1. The van der Waals surface area contributed by atoms with Gasteiger partial charge in [-0.15, -0.1) is 11.3 Å². The van der Waals surface area contributed by atoms with Gasteiger partial charge in [-0.1, -0.05) is 12.1 Å². The van der Waals surface area contributed by atoms with Gasteiger partial charge in [0.2, 0.25) is 0 Å². The maximum absolute atomic E-state index is 10.5. The van der Waals surface area contributed by atoms with Gasteiger partial charge in [-0.05, 0) is 30.7 Å². The van der Waals surface area contributed by atoms with E-state index in [9.17, 15) is 4.79 Å². The van der Waals surface area contributed by atoms with E-state index in [1.807, 2.05) is 43.7 Å². The lowest BCUT2D eigenvalue weighted by Crippen LogP contribution is -2.16. The molecule has 1 aromatic carbocycles. The molecule has 0 fully saturated rings. The Balaban J connectivity index is 2.06. The molecule has 2 rings (SSSR count). The fourth-order valence-corrected chi connectivity index (χ4v) is 2.62. The van der Waals surface area contributed by atoms with Crippen LogP contribution in [-0.4, -0.2) is 23.1 Å². The monoisotopic (exact) mass is 288 g/mol. The zero-order valence-corrected chi connectivity index (χ0v) is 12.2. The summed E-state index contributed by atoms with van der Waals surface area (Å²) in [5, 5.41) is 8.59. The largest absolute Gasteiger partial charge is 0.478 e. The number of aromatic nitrogens is 1. The molecule has 5 heteroatoms. The topological polar surface area (TPSA) is 53.4 Å². The molecule has 1 N–H and O–H groups in total. The Morgan fingerprint density at radius 2 is 2.10 bits per heavy atom. The molecular formula is C15H16N2O2S. The molecule has 20 heavy (non-hydrogen) atoms. The summed E-state index contributed by atoms with van der Waals surface area (Å²) in [6.07, 6.45) is 2.72. The molecule has 1 heterocycles. The van der Waals surface area contributed by atoms with Crippen molar-refractivity contribution in [2.24, 2.45) is 0 Å². The normalized spacial score (nSPS) is 10.9. The Morgan fingerprint density at radius 3 is 2.65 bits per heavy atom. The summed E-state index contributed by atoms with van der Waals surface area (Å²) in [4.78, 5) is 18.1. The molecule has 0 bridgehead atoms. The number of hydrogen-bond donors (Lipinski definition) is 1. The highest BCUT2D eigenvalue weighted by molar-refractivity contribution is 7.09. The predicted molar refractivity (Wildman–Crippen MR) is 82.1 cm³/mol. The summed E-state index contributed by atoms with van der Waals surface area (Å²) in [6, 6.07) is 7.78. The van der Waals surface area contributed by atoms with Crippen molar-refractivity contribution in [2.75, 3.05) is 11.9 Å². The fourth-order valence-electron chi connectivity index (χ4n) is 1.79. The van der Waals surface area contributed by atoms with Crippen molar-refractivity contribution in [2.45, 2.75) is 13.5 Å². The van der Waals surface area contributed by atoms with Gasteiger partial charge in [0.05, 0.1) is 17.7 Å². The Morgan fingerprint density at radius 1 is 1.40 bits per heavy atom. The van der Waals surface area contributed by atoms with Crippen LogP contribution in [0, 0.1) is 6.92 Å². The highest BCUT2D eigenvalue weighted by Gasteiger charge is 2.06. The first-order valence-corrected chi connectivity index (χ1v) is 7.05. The number of aliphatic carboxylic acids is 1. The van der Waals surface area contributed by atoms with Gasteiger partial charge >= 0.3 is 5.97 Å². The second kappa shape index (κ2) is 6.34. The first-order chi connectivity index (χ1) is 9.56. The summed E-state index contributed by atoms with van der Waals surface area (Å²) in [7, 11) is 2.03. The summed E-state index contributed by atoms with van der Waals surface area (Å²) in [6.45, 7) is 2.83. The maximum Gasteiger partial charge on any atom is 0.328 e. The second-order valence-electron chi connectivity index (χ2n) is 4.48. The molecule has 0 saturated heterocycles. The van der Waals surface area contributed by atoms with E-state index in [-0.39, 0.29) is 0 Å². The molecular weight excluding hydrogens is 272 g/mol. The first kappa shape index (κ1) is 14.3. The molecule has 4 nitrogen and oxygen atoms in total. The van der Waals surface area contributed by atoms with Gasteiger partial charge < -0.3 is 10.0 Å². The van der Waals surface area contributed by atoms with Gasteiger partial charge in [-0.25, -0.2) is 9.78 Å². The van der Waals surface area contributed by atoms with Gasteiger partial charge in [0, 0.05) is 23.7 Å². The van der Waals surface area contributed by atoms with Crippen molar-refractivity contribution in [1.29, 1.82) is 0 Å². The van der Waals surface area contributed by atoms with Crippen LogP contribution < -0.4 is 4.90 Å². The molecule has 104 valence electrons. The lowest BCUT2D eigenvalue weighted by molar-refractivity contribution is -0.131. The Bertz CT molecular complexity index is 617. The standard InChI is InChI=1S/C15H16N2O2S/c1-11-14(20-10-16-11)9-17(2)13-6-3-12(4-7-13)5-8-15(18)19/h3-8,10H,9H2,1-2H3,(H,18,19).